The topological polar surface area (TPSA) is 93.3 Å². The first kappa shape index (κ1) is 20.4. The summed E-state index contributed by atoms with van der Waals surface area (Å²) >= 11 is 1.45. The molecule has 4 heterocycles. The van der Waals surface area contributed by atoms with Crippen molar-refractivity contribution >= 4 is 38.3 Å². The van der Waals surface area contributed by atoms with Gasteiger partial charge in [0.2, 0.25) is 5.91 Å². The maximum atomic E-state index is 13.2. The number of amides is 1. The molecule has 32 heavy (non-hydrogen) atoms. The van der Waals surface area contributed by atoms with E-state index in [1.165, 1.54) is 16.0 Å². The third-order valence-corrected chi connectivity index (χ3v) is 6.66. The van der Waals surface area contributed by atoms with Crippen LogP contribution in [0, 0.1) is 0 Å². The first-order valence-corrected chi connectivity index (χ1v) is 11.5. The van der Waals surface area contributed by atoms with Crippen molar-refractivity contribution in [2.24, 2.45) is 0 Å². The van der Waals surface area contributed by atoms with E-state index in [0.717, 1.165) is 43.0 Å². The van der Waals surface area contributed by atoms with Gasteiger partial charge in [-0.15, -0.1) is 0 Å². The highest BCUT2D eigenvalue weighted by molar-refractivity contribution is 7.22. The van der Waals surface area contributed by atoms with Crippen molar-refractivity contribution in [3.05, 3.63) is 58.6 Å². The Morgan fingerprint density at radius 1 is 1.22 bits per heavy atom. The van der Waals surface area contributed by atoms with Crippen molar-refractivity contribution in [1.29, 1.82) is 0 Å². The molecule has 164 valence electrons. The van der Waals surface area contributed by atoms with E-state index >= 15 is 0 Å². The summed E-state index contributed by atoms with van der Waals surface area (Å²) in [5.41, 5.74) is 2.28. The molecule has 0 bridgehead atoms. The van der Waals surface area contributed by atoms with Crippen LogP contribution in [0.2, 0.25) is 0 Å². The lowest BCUT2D eigenvalue weighted by molar-refractivity contribution is -0.117. The number of aromatic nitrogens is 3. The number of furan rings is 1. The molecule has 0 atom stereocenters. The Bertz CT molecular complexity index is 1320. The summed E-state index contributed by atoms with van der Waals surface area (Å²) < 4.78 is 7.42. The van der Waals surface area contributed by atoms with Crippen molar-refractivity contribution in [2.75, 3.05) is 23.3 Å². The van der Waals surface area contributed by atoms with Crippen LogP contribution in [0.15, 0.2) is 51.9 Å². The first-order valence-electron chi connectivity index (χ1n) is 10.7. The zero-order valence-electron chi connectivity index (χ0n) is 17.7. The summed E-state index contributed by atoms with van der Waals surface area (Å²) in [6.07, 6.45) is 4.66. The molecular weight excluding hydrogens is 426 g/mol. The van der Waals surface area contributed by atoms with E-state index in [2.05, 4.69) is 27.2 Å². The summed E-state index contributed by atoms with van der Waals surface area (Å²) in [6, 6.07) is 11.2. The highest BCUT2D eigenvalue weighted by Crippen LogP contribution is 2.35. The molecule has 1 fully saturated rings. The molecule has 5 rings (SSSR count). The van der Waals surface area contributed by atoms with Gasteiger partial charge >= 0.3 is 0 Å². The molecule has 9 heteroatoms. The van der Waals surface area contributed by atoms with Crippen LogP contribution in [0.5, 0.6) is 0 Å². The Labute approximate surface area is 188 Å². The summed E-state index contributed by atoms with van der Waals surface area (Å²) in [5, 5.41) is 8.16. The van der Waals surface area contributed by atoms with Crippen LogP contribution >= 0.6 is 11.3 Å². The molecule has 1 aromatic carbocycles. The van der Waals surface area contributed by atoms with Gasteiger partial charge in [0.15, 0.2) is 16.4 Å². The molecule has 0 aliphatic carbocycles. The molecule has 0 saturated carbocycles. The van der Waals surface area contributed by atoms with Crippen molar-refractivity contribution in [3.8, 4) is 11.5 Å². The van der Waals surface area contributed by atoms with Crippen LogP contribution in [-0.2, 0) is 17.8 Å². The SMILES string of the molecule is CCc1cccc(NC(=O)Cn2nc(-c3ccco3)c3sc(N4CCCC4)nc3c2=O)c1. The lowest BCUT2D eigenvalue weighted by atomic mass is 10.1. The normalized spacial score (nSPS) is 13.7. The molecule has 1 saturated heterocycles. The average molecular weight is 450 g/mol. The van der Waals surface area contributed by atoms with E-state index in [1.54, 1.807) is 18.4 Å². The van der Waals surface area contributed by atoms with Gasteiger partial charge < -0.3 is 14.6 Å². The fourth-order valence-corrected chi connectivity index (χ4v) is 4.98. The minimum absolute atomic E-state index is 0.213. The number of thiazole rings is 1. The minimum atomic E-state index is -0.380. The van der Waals surface area contributed by atoms with E-state index in [1.807, 2.05) is 24.3 Å². The first-order chi connectivity index (χ1) is 15.6. The lowest BCUT2D eigenvalue weighted by Gasteiger charge is -2.11. The summed E-state index contributed by atoms with van der Waals surface area (Å²) in [6.45, 7) is 3.70. The Morgan fingerprint density at radius 2 is 2.06 bits per heavy atom. The number of benzene rings is 1. The second kappa shape index (κ2) is 8.58. The number of anilines is 2. The predicted molar refractivity (Wildman–Crippen MR) is 125 cm³/mol. The average Bonchev–Trinajstić information content (AvgIpc) is 3.56. The number of nitrogens with one attached hydrogen (secondary N) is 1. The number of fused-ring (bicyclic) bond motifs is 1. The van der Waals surface area contributed by atoms with Crippen molar-refractivity contribution in [3.63, 3.8) is 0 Å². The second-order valence-electron chi connectivity index (χ2n) is 7.76. The Balaban J connectivity index is 1.51. The van der Waals surface area contributed by atoms with Crippen LogP contribution < -0.4 is 15.8 Å². The van der Waals surface area contributed by atoms with E-state index in [9.17, 15) is 9.59 Å². The van der Waals surface area contributed by atoms with Gasteiger partial charge in [-0.2, -0.15) is 5.10 Å². The molecule has 0 spiro atoms. The largest absolute Gasteiger partial charge is 0.463 e. The molecule has 4 aromatic rings. The molecule has 1 N–H and O–H groups in total. The van der Waals surface area contributed by atoms with Crippen LogP contribution in [0.3, 0.4) is 0 Å². The number of nitrogens with zero attached hydrogens (tertiary/aromatic N) is 4. The quantitative estimate of drug-likeness (QED) is 0.480. The highest BCUT2D eigenvalue weighted by atomic mass is 32.1. The van der Waals surface area contributed by atoms with E-state index < -0.39 is 0 Å². The predicted octanol–water partition coefficient (Wildman–Crippen LogP) is 3.91. The summed E-state index contributed by atoms with van der Waals surface area (Å²) in [7, 11) is 0. The van der Waals surface area contributed by atoms with Gasteiger partial charge in [0.1, 0.15) is 12.2 Å². The second-order valence-corrected chi connectivity index (χ2v) is 8.74. The molecule has 0 unspecified atom stereocenters. The van der Waals surface area contributed by atoms with Crippen molar-refractivity contribution < 1.29 is 9.21 Å². The maximum Gasteiger partial charge on any atom is 0.294 e. The standard InChI is InChI=1S/C23H23N5O3S/c1-2-15-7-5-8-16(13-15)24-18(29)14-28-22(30)20-21(19(26-28)17-9-6-12-31-17)32-23(25-20)27-10-3-4-11-27/h5-9,12-13H,2-4,10-11,14H2,1H3,(H,24,29). The van der Waals surface area contributed by atoms with Gasteiger partial charge in [-0.05, 0) is 49.1 Å². The van der Waals surface area contributed by atoms with Gasteiger partial charge in [0.05, 0.1) is 11.0 Å². The minimum Gasteiger partial charge on any atom is -0.463 e. The van der Waals surface area contributed by atoms with Gasteiger partial charge in [-0.25, -0.2) is 9.67 Å². The van der Waals surface area contributed by atoms with Gasteiger partial charge in [0.25, 0.3) is 5.56 Å². The molecule has 0 radical (unpaired) electrons. The fourth-order valence-electron chi connectivity index (χ4n) is 3.88. The molecule has 3 aromatic heterocycles. The summed E-state index contributed by atoms with van der Waals surface area (Å²) in [5.74, 6) is 0.212. The number of hydrogen-bond acceptors (Lipinski definition) is 7. The monoisotopic (exact) mass is 449 g/mol. The van der Waals surface area contributed by atoms with E-state index in [4.69, 9.17) is 4.42 Å². The van der Waals surface area contributed by atoms with Crippen LogP contribution in [0.1, 0.15) is 25.3 Å². The molecule has 1 amide bonds. The summed E-state index contributed by atoms with van der Waals surface area (Å²) in [4.78, 5) is 32.7. The zero-order chi connectivity index (χ0) is 22.1. The Morgan fingerprint density at radius 3 is 2.81 bits per heavy atom. The smallest absolute Gasteiger partial charge is 0.294 e. The van der Waals surface area contributed by atoms with Crippen LogP contribution in [0.4, 0.5) is 10.8 Å². The maximum absolute atomic E-state index is 13.2. The molecule has 1 aliphatic heterocycles. The van der Waals surface area contributed by atoms with Crippen LogP contribution in [-0.4, -0.2) is 33.8 Å². The number of aryl methyl sites for hydroxylation is 1. The Hall–Kier alpha value is -3.46. The van der Waals surface area contributed by atoms with Gasteiger partial charge in [-0.3, -0.25) is 9.59 Å². The third kappa shape index (κ3) is 3.91. The number of carbonyl (C=O) groups excluding carboxylic acids is 1. The Kier molecular flexibility index (Phi) is 5.48. The highest BCUT2D eigenvalue weighted by Gasteiger charge is 2.23. The third-order valence-electron chi connectivity index (χ3n) is 5.53. The zero-order valence-corrected chi connectivity index (χ0v) is 18.5. The van der Waals surface area contributed by atoms with E-state index in [0.29, 0.717) is 27.4 Å². The molecule has 8 nitrogen and oxygen atoms in total. The molecule has 1 aliphatic rings. The number of carbonyl (C=O) groups is 1. The van der Waals surface area contributed by atoms with Crippen LogP contribution in [0.25, 0.3) is 21.7 Å². The molecular formula is C23H23N5O3S. The fraction of sp³-hybridized carbons (Fsp3) is 0.304. The van der Waals surface area contributed by atoms with Gasteiger partial charge in [0, 0.05) is 18.8 Å². The van der Waals surface area contributed by atoms with Gasteiger partial charge in [-0.1, -0.05) is 30.4 Å². The number of hydrogen-bond donors (Lipinski definition) is 1. The van der Waals surface area contributed by atoms with Crippen molar-refractivity contribution in [1.82, 2.24) is 14.8 Å². The lowest BCUT2D eigenvalue weighted by Crippen LogP contribution is -2.30. The number of rotatable bonds is 6. The van der Waals surface area contributed by atoms with Crippen molar-refractivity contribution in [2.45, 2.75) is 32.7 Å². The van der Waals surface area contributed by atoms with E-state index in [-0.39, 0.29) is 18.0 Å².